The van der Waals surface area contributed by atoms with Crippen molar-refractivity contribution in [1.29, 1.82) is 0 Å². The normalized spacial score (nSPS) is 18.6. The summed E-state index contributed by atoms with van der Waals surface area (Å²) in [5.41, 5.74) is 49.3. The Hall–Kier alpha value is -9.88. The molecule has 0 nitrogen and oxygen atoms in total. The van der Waals surface area contributed by atoms with Crippen LogP contribution in [0.2, 0.25) is 0 Å². The summed E-state index contributed by atoms with van der Waals surface area (Å²) >= 11 is 0. The Morgan fingerprint density at radius 3 is 0.775 bits per heavy atom. The number of allylic oxidation sites excluding steroid dienone is 4. The highest BCUT2D eigenvalue weighted by molar-refractivity contribution is 6.34. The van der Waals surface area contributed by atoms with Gasteiger partial charge in [0.1, 0.15) is 0 Å². The van der Waals surface area contributed by atoms with Crippen LogP contribution in [0.15, 0.2) is 249 Å². The van der Waals surface area contributed by atoms with Gasteiger partial charge in [0.2, 0.25) is 0 Å². The third-order valence-corrected chi connectivity index (χ3v) is 32.1. The molecule has 0 radical (unpaired) electrons. The van der Waals surface area contributed by atoms with Crippen molar-refractivity contribution in [3.8, 4) is 66.8 Å². The van der Waals surface area contributed by atoms with E-state index in [4.69, 9.17) is 0 Å². The van der Waals surface area contributed by atoms with E-state index >= 15 is 0 Å². The highest BCUT2D eigenvalue weighted by Gasteiger charge is 2.63. The lowest BCUT2D eigenvalue weighted by molar-refractivity contribution is 0.434. The molecule has 0 heteroatoms. The lowest BCUT2D eigenvalue weighted by Gasteiger charge is -2.41. The Morgan fingerprint density at radius 1 is 0.192 bits per heavy atom. The van der Waals surface area contributed by atoms with Gasteiger partial charge in [-0.3, -0.25) is 0 Å². The van der Waals surface area contributed by atoms with Crippen molar-refractivity contribution < 1.29 is 0 Å². The first-order chi connectivity index (χ1) is 58.9. The molecule has 0 fully saturated rings. The molecule has 12 aromatic carbocycles. The van der Waals surface area contributed by atoms with Crippen molar-refractivity contribution in [1.82, 2.24) is 0 Å². The average Bonchev–Trinajstić information content (AvgIpc) is 1.48. The van der Waals surface area contributed by atoms with E-state index in [1.807, 2.05) is 0 Å². The first kappa shape index (κ1) is 78.6. The van der Waals surface area contributed by atoms with Crippen LogP contribution in [0.3, 0.4) is 0 Å². The van der Waals surface area contributed by atoms with Crippen molar-refractivity contribution in [2.24, 2.45) is 0 Å². The van der Waals surface area contributed by atoms with E-state index in [9.17, 15) is 0 Å². The number of hydrogen-bond donors (Lipinski definition) is 0. The predicted molar refractivity (Wildman–Crippen MR) is 512 cm³/mol. The molecule has 0 spiro atoms. The molecular weight excluding hydrogens is 1440 g/mol. The van der Waals surface area contributed by atoms with Gasteiger partial charge in [0.15, 0.2) is 0 Å². The average molecular weight is 1570 g/mol. The molecule has 0 aromatic heterocycles. The Morgan fingerprint density at radius 2 is 0.442 bits per heavy atom. The maximum Gasteiger partial charge on any atom is 0.0585 e. The van der Waals surface area contributed by atoms with Crippen LogP contribution in [0.4, 0.5) is 0 Å². The first-order valence-electron chi connectivity index (χ1n) is 47.9. The van der Waals surface area contributed by atoms with Crippen molar-refractivity contribution in [3.05, 3.63) is 354 Å². The maximum absolute atomic E-state index is 2.95. The van der Waals surface area contributed by atoms with Crippen LogP contribution < -0.4 is 0 Å². The van der Waals surface area contributed by atoms with Crippen molar-refractivity contribution in [2.45, 2.75) is 281 Å². The fourth-order valence-electron chi connectivity index (χ4n) is 28.7. The van der Waals surface area contributed by atoms with Gasteiger partial charge in [-0.05, 0) is 302 Å². The number of rotatable bonds is 29. The minimum Gasteiger partial charge on any atom is -0.0653 e. The van der Waals surface area contributed by atoms with Crippen LogP contribution in [0.1, 0.15) is 349 Å². The zero-order valence-electron chi connectivity index (χ0n) is 74.2. The predicted octanol–water partition coefficient (Wildman–Crippen LogP) is 33.5. The lowest BCUT2D eigenvalue weighted by Crippen LogP contribution is -2.33. The minimum atomic E-state index is -0.874. The summed E-state index contributed by atoms with van der Waals surface area (Å²) in [6.07, 6.45) is 26.3. The number of fused-ring (bicyclic) bond motifs is 21. The monoisotopic (exact) mass is 1570 g/mol. The summed E-state index contributed by atoms with van der Waals surface area (Å²) in [4.78, 5) is 0. The Bertz CT molecular complexity index is 5990. The molecule has 0 saturated heterocycles. The minimum absolute atomic E-state index is 0.160. The molecule has 12 aromatic rings. The zero-order chi connectivity index (χ0) is 82.2. The summed E-state index contributed by atoms with van der Waals surface area (Å²) in [7, 11) is 0. The second kappa shape index (κ2) is 30.3. The molecule has 2 atom stereocenters. The molecule has 8 aliphatic rings. The van der Waals surface area contributed by atoms with Crippen LogP contribution in [0, 0.1) is 0 Å². The van der Waals surface area contributed by atoms with Gasteiger partial charge >= 0.3 is 0 Å². The van der Waals surface area contributed by atoms with Crippen molar-refractivity contribution in [3.63, 3.8) is 0 Å². The van der Waals surface area contributed by atoms with E-state index in [1.54, 1.807) is 5.56 Å². The Balaban J connectivity index is 1.04. The molecule has 8 aliphatic carbocycles. The highest BCUT2D eigenvalue weighted by atomic mass is 14.6. The lowest BCUT2D eigenvalue weighted by atomic mass is 9.60. The van der Waals surface area contributed by atoms with E-state index in [2.05, 4.69) is 332 Å². The quantitative estimate of drug-likeness (QED) is 0.0438. The summed E-state index contributed by atoms with van der Waals surface area (Å²) < 4.78 is 0. The van der Waals surface area contributed by atoms with Gasteiger partial charge in [-0.1, -0.05) is 379 Å². The molecule has 606 valence electrons. The summed E-state index contributed by atoms with van der Waals surface area (Å²) in [5.74, 6) is -0.212. The van der Waals surface area contributed by atoms with Crippen LogP contribution in [-0.2, 0) is 37.9 Å². The summed E-state index contributed by atoms with van der Waals surface area (Å²) in [6, 6.07) is 106. The highest BCUT2D eigenvalue weighted by Crippen LogP contribution is 2.76. The molecule has 120 heavy (non-hydrogen) atoms. The second-order valence-corrected chi connectivity index (χ2v) is 38.3. The largest absolute Gasteiger partial charge is 0.0653 e. The van der Waals surface area contributed by atoms with Crippen LogP contribution >= 0.6 is 0 Å². The molecular formula is C120H126. The van der Waals surface area contributed by atoms with Gasteiger partial charge in [0, 0.05) is 38.4 Å². The fourth-order valence-corrected chi connectivity index (χ4v) is 28.7. The third kappa shape index (κ3) is 10.7. The molecule has 0 bridgehead atoms. The van der Waals surface area contributed by atoms with Gasteiger partial charge in [-0.25, -0.2) is 0 Å². The molecule has 0 N–H and O–H groups in total. The Labute approximate surface area is 719 Å². The molecule has 0 unspecified atom stereocenters. The van der Waals surface area contributed by atoms with Gasteiger partial charge in [-0.15, -0.1) is 0 Å². The van der Waals surface area contributed by atoms with E-state index in [-0.39, 0.29) is 38.4 Å². The first-order valence-corrected chi connectivity index (χ1v) is 47.9. The van der Waals surface area contributed by atoms with Gasteiger partial charge in [-0.2, -0.15) is 0 Å². The van der Waals surface area contributed by atoms with Crippen molar-refractivity contribution in [2.75, 3.05) is 0 Å². The fraction of sp³-hybridized carbons (Fsp3) is 0.367. The molecule has 0 saturated carbocycles. The zero-order valence-corrected chi connectivity index (χ0v) is 74.2. The smallest absolute Gasteiger partial charge is 0.0585 e. The van der Waals surface area contributed by atoms with E-state index < -0.39 is 5.41 Å². The van der Waals surface area contributed by atoms with Crippen LogP contribution in [0.5, 0.6) is 0 Å². The van der Waals surface area contributed by atoms with Crippen LogP contribution in [-0.4, -0.2) is 0 Å². The van der Waals surface area contributed by atoms with Crippen molar-refractivity contribution >= 4 is 22.3 Å². The third-order valence-electron chi connectivity index (χ3n) is 32.1. The van der Waals surface area contributed by atoms with Crippen LogP contribution in [0.25, 0.3) is 89.1 Å². The van der Waals surface area contributed by atoms with E-state index in [1.165, 1.54) is 189 Å². The van der Waals surface area contributed by atoms with Gasteiger partial charge < -0.3 is 0 Å². The standard InChI is InChI=1S/C120H126/c1-13-59-114(60-14-2)97-43-31-25-37-83(97)89-54-49-78(71-103(89)114)109-110(79-50-55-90-84-38-26-32-44-98(84)115(61-15-3,62-16-4)104(90)72-79)113-96-77-108-94(88-42-30-36-48-102(88)119(108,69-23-11)70-24-12)76-95(96)111(80-51-56-91-85-39-27-33-45-99(85)116(63-17-5,64-18-6)105(91)73-80)120(113,82-53-58-93-87-41-29-35-47-101(87)118(67-21-9,68-22-10)107(93)75-82)112(109)81-52-57-92-86-40-28-34-46-100(86)117(65-19-7,66-20-8)106(92)74-81/h25-58,71-77,111H,13-24,59-70H2,1-12H3/t111-,120+/m1/s1. The molecule has 0 heterocycles. The SMILES string of the molecule is CCCC1(CCC)c2ccccc2-c2ccc(C3=C(c4ccc5c(c4)C(CCC)(CCC)c4ccccc4-5)[C@@]4(c5ccc6c(c5)C(CCC)(CCC)c5ccccc5-6)C(=C3c3ccc5c(c3)C(CCC)(CCC)c3ccccc3-5)c3cc5c(cc3[C@H]4c3ccc4c(c3)C(CCC)(CCC)c3ccccc3-4)-c3ccccc3C5(CCC)CCC)cc21. The summed E-state index contributed by atoms with van der Waals surface area (Å²) in [5, 5.41) is 0. The maximum atomic E-state index is 2.95. The molecule has 0 amide bonds. The summed E-state index contributed by atoms with van der Waals surface area (Å²) in [6.45, 7) is 29.6. The number of hydrogen-bond acceptors (Lipinski definition) is 0. The van der Waals surface area contributed by atoms with E-state index in [0.717, 1.165) is 154 Å². The van der Waals surface area contributed by atoms with Gasteiger partial charge in [0.25, 0.3) is 0 Å². The number of benzene rings is 12. The molecule has 0 aliphatic heterocycles. The Kier molecular flexibility index (Phi) is 19.9. The second-order valence-electron chi connectivity index (χ2n) is 38.3. The van der Waals surface area contributed by atoms with Gasteiger partial charge in [0.05, 0.1) is 5.41 Å². The van der Waals surface area contributed by atoms with E-state index in [0.29, 0.717) is 0 Å². The molecule has 20 rings (SSSR count). The topological polar surface area (TPSA) is 0 Å².